The van der Waals surface area contributed by atoms with Gasteiger partial charge in [-0.3, -0.25) is 4.79 Å². The summed E-state index contributed by atoms with van der Waals surface area (Å²) in [6.07, 6.45) is 11.2. The topological polar surface area (TPSA) is 39.4 Å². The maximum absolute atomic E-state index is 13.6. The second-order valence-electron chi connectivity index (χ2n) is 17.0. The quantitative estimate of drug-likeness (QED) is 0.266. The number of methoxy groups -OCH3 is 1. The fourth-order valence-electron chi connectivity index (χ4n) is 13.1. The molecule has 1 heterocycles. The standard InChI is InChI=1S/C40H54O3/c1-25(2)29-16-19-40(35(41)42-8)21-20-38(6)30(33(29)40)14-15-32-37(5)24-27-23-28(22-26-12-10-9-11-13-26)43-34(27)36(3,4)31(37)17-18-39(32,38)7/h9-13,23,29-33H,1,14-22,24H2,2-8H3/t29-,30+,31-,32+,33+,37-,38+,39+,40-/m0/s1. The molecular weight excluding hydrogens is 528 g/mol. The second-order valence-corrected chi connectivity index (χ2v) is 17.0. The summed E-state index contributed by atoms with van der Waals surface area (Å²) in [4.78, 5) is 13.6. The predicted octanol–water partition coefficient (Wildman–Crippen LogP) is 9.71. The summed E-state index contributed by atoms with van der Waals surface area (Å²) in [5.74, 6) is 5.03. The van der Waals surface area contributed by atoms with E-state index in [2.05, 4.69) is 84.5 Å². The Balaban J connectivity index is 1.26. The van der Waals surface area contributed by atoms with Gasteiger partial charge in [0.25, 0.3) is 0 Å². The molecule has 0 unspecified atom stereocenters. The van der Waals surface area contributed by atoms with Gasteiger partial charge in [0.1, 0.15) is 11.5 Å². The normalized spacial score (nSPS) is 42.5. The van der Waals surface area contributed by atoms with Gasteiger partial charge in [0.15, 0.2) is 0 Å². The molecule has 4 saturated carbocycles. The number of rotatable bonds is 4. The lowest BCUT2D eigenvalue weighted by atomic mass is 9.32. The van der Waals surface area contributed by atoms with Gasteiger partial charge in [0, 0.05) is 11.8 Å². The van der Waals surface area contributed by atoms with Crippen LogP contribution in [0.5, 0.6) is 0 Å². The number of carbonyl (C=O) groups is 1. The van der Waals surface area contributed by atoms with Gasteiger partial charge in [-0.1, -0.05) is 77.1 Å². The van der Waals surface area contributed by atoms with Crippen LogP contribution in [0.1, 0.15) is 116 Å². The molecule has 0 saturated heterocycles. The Labute approximate surface area is 260 Å². The molecule has 2 aromatic rings. The van der Waals surface area contributed by atoms with Crippen molar-refractivity contribution in [3.8, 4) is 0 Å². The van der Waals surface area contributed by atoms with Crippen LogP contribution in [0.4, 0.5) is 0 Å². The Morgan fingerprint density at radius 1 is 0.930 bits per heavy atom. The van der Waals surface area contributed by atoms with E-state index in [1.165, 1.54) is 48.1 Å². The fraction of sp³-hybridized carbons (Fsp3) is 0.675. The third kappa shape index (κ3) is 3.81. The van der Waals surface area contributed by atoms with Gasteiger partial charge >= 0.3 is 5.97 Å². The first-order valence-electron chi connectivity index (χ1n) is 17.2. The van der Waals surface area contributed by atoms with Gasteiger partial charge in [-0.25, -0.2) is 0 Å². The molecule has 4 fully saturated rings. The molecule has 5 aliphatic rings. The molecule has 9 atom stereocenters. The highest BCUT2D eigenvalue weighted by molar-refractivity contribution is 5.78. The summed E-state index contributed by atoms with van der Waals surface area (Å²) in [6, 6.07) is 13.2. The highest BCUT2D eigenvalue weighted by Gasteiger charge is 2.72. The van der Waals surface area contributed by atoms with Gasteiger partial charge < -0.3 is 9.15 Å². The van der Waals surface area contributed by atoms with Crippen LogP contribution in [0.25, 0.3) is 0 Å². The second kappa shape index (κ2) is 9.60. The highest BCUT2D eigenvalue weighted by atomic mass is 16.5. The van der Waals surface area contributed by atoms with Crippen molar-refractivity contribution in [3.63, 3.8) is 0 Å². The minimum Gasteiger partial charge on any atom is -0.469 e. The van der Waals surface area contributed by atoms with Crippen LogP contribution in [0.3, 0.4) is 0 Å². The monoisotopic (exact) mass is 582 g/mol. The number of ether oxygens (including phenoxy) is 1. The number of benzene rings is 1. The van der Waals surface area contributed by atoms with Gasteiger partial charge in [0.2, 0.25) is 0 Å². The zero-order valence-corrected chi connectivity index (χ0v) is 27.9. The number of furan rings is 1. The zero-order chi connectivity index (χ0) is 30.6. The molecule has 232 valence electrons. The smallest absolute Gasteiger partial charge is 0.312 e. The van der Waals surface area contributed by atoms with Crippen molar-refractivity contribution in [3.05, 3.63) is 71.2 Å². The Hall–Kier alpha value is -2.29. The molecule has 1 aromatic heterocycles. The SMILES string of the molecule is C=C(C)[C@@H]1CC[C@]2(C(=O)OC)CC[C@]3(C)[C@H](CC[C@@H]4[C@@]5(C)Cc6cc(Cc7ccccc7)oc6C(C)(C)[C@@H]5CC[C@]43C)[C@@H]12. The number of allylic oxidation sites excluding steroid dienone is 1. The molecule has 0 aliphatic heterocycles. The molecule has 1 aromatic carbocycles. The zero-order valence-electron chi connectivity index (χ0n) is 27.9. The predicted molar refractivity (Wildman–Crippen MR) is 173 cm³/mol. The van der Waals surface area contributed by atoms with Crippen molar-refractivity contribution in [1.29, 1.82) is 0 Å². The van der Waals surface area contributed by atoms with Crippen LogP contribution in [0, 0.1) is 51.2 Å². The summed E-state index contributed by atoms with van der Waals surface area (Å²) >= 11 is 0. The number of carbonyl (C=O) groups excluding carboxylic acids is 1. The van der Waals surface area contributed by atoms with Gasteiger partial charge in [-0.15, -0.1) is 0 Å². The molecule has 0 radical (unpaired) electrons. The summed E-state index contributed by atoms with van der Waals surface area (Å²) in [6.45, 7) is 19.6. The van der Waals surface area contributed by atoms with E-state index in [9.17, 15) is 4.79 Å². The van der Waals surface area contributed by atoms with Crippen molar-refractivity contribution in [2.24, 2.45) is 51.2 Å². The third-order valence-corrected chi connectivity index (χ3v) is 15.0. The maximum Gasteiger partial charge on any atom is 0.312 e. The van der Waals surface area contributed by atoms with Crippen molar-refractivity contribution in [2.75, 3.05) is 7.11 Å². The molecule has 3 nitrogen and oxygen atoms in total. The molecule has 0 bridgehead atoms. The maximum atomic E-state index is 13.6. The van der Waals surface area contributed by atoms with Crippen LogP contribution in [0.15, 0.2) is 53.0 Å². The van der Waals surface area contributed by atoms with E-state index in [4.69, 9.17) is 9.15 Å². The molecular formula is C40H54O3. The van der Waals surface area contributed by atoms with Crippen molar-refractivity contribution in [2.45, 2.75) is 111 Å². The third-order valence-electron chi connectivity index (χ3n) is 15.0. The van der Waals surface area contributed by atoms with Crippen molar-refractivity contribution >= 4 is 5.97 Å². The molecule has 3 heteroatoms. The van der Waals surface area contributed by atoms with Crippen molar-refractivity contribution < 1.29 is 13.9 Å². The average molecular weight is 583 g/mol. The van der Waals surface area contributed by atoms with Crippen LogP contribution >= 0.6 is 0 Å². The first kappa shape index (κ1) is 29.4. The van der Waals surface area contributed by atoms with Gasteiger partial charge in [-0.2, -0.15) is 0 Å². The summed E-state index contributed by atoms with van der Waals surface area (Å²) in [5.41, 5.74) is 4.42. The van der Waals surface area contributed by atoms with E-state index in [0.717, 1.165) is 44.3 Å². The molecule has 43 heavy (non-hydrogen) atoms. The van der Waals surface area contributed by atoms with E-state index < -0.39 is 0 Å². The van der Waals surface area contributed by atoms with Gasteiger partial charge in [0.05, 0.1) is 12.5 Å². The van der Waals surface area contributed by atoms with Crippen LogP contribution < -0.4 is 0 Å². The fourth-order valence-corrected chi connectivity index (χ4v) is 13.1. The molecule has 0 amide bonds. The van der Waals surface area contributed by atoms with E-state index in [1.54, 1.807) is 7.11 Å². The van der Waals surface area contributed by atoms with E-state index in [1.807, 2.05) is 0 Å². The van der Waals surface area contributed by atoms with Gasteiger partial charge in [-0.05, 0) is 128 Å². The average Bonchev–Trinajstić information content (AvgIpc) is 3.56. The Morgan fingerprint density at radius 3 is 2.37 bits per heavy atom. The van der Waals surface area contributed by atoms with E-state index in [0.29, 0.717) is 29.6 Å². The molecule has 0 N–H and O–H groups in total. The first-order chi connectivity index (χ1) is 20.3. The Bertz CT molecular complexity index is 1430. The van der Waals surface area contributed by atoms with E-state index in [-0.39, 0.29) is 33.0 Å². The Kier molecular flexibility index (Phi) is 6.57. The summed E-state index contributed by atoms with van der Waals surface area (Å²) in [5, 5.41) is 0. The molecule has 0 spiro atoms. The number of hydrogen-bond acceptors (Lipinski definition) is 3. The molecule has 7 rings (SSSR count). The number of esters is 1. The lowest BCUT2D eigenvalue weighted by molar-refractivity contribution is -0.229. The first-order valence-corrected chi connectivity index (χ1v) is 17.2. The lowest BCUT2D eigenvalue weighted by Crippen LogP contribution is -2.66. The summed E-state index contributed by atoms with van der Waals surface area (Å²) < 4.78 is 12.3. The van der Waals surface area contributed by atoms with Crippen LogP contribution in [0.2, 0.25) is 0 Å². The van der Waals surface area contributed by atoms with Crippen LogP contribution in [-0.4, -0.2) is 13.1 Å². The van der Waals surface area contributed by atoms with Crippen molar-refractivity contribution in [1.82, 2.24) is 0 Å². The minimum absolute atomic E-state index is 0.0134. The largest absolute Gasteiger partial charge is 0.469 e. The molecule has 5 aliphatic carbocycles. The number of fused-ring (bicyclic) bond motifs is 8. The highest BCUT2D eigenvalue weighted by Crippen LogP contribution is 2.77. The number of hydrogen-bond donors (Lipinski definition) is 0. The van der Waals surface area contributed by atoms with Crippen LogP contribution in [-0.2, 0) is 27.8 Å². The summed E-state index contributed by atoms with van der Waals surface area (Å²) in [7, 11) is 1.61. The lowest BCUT2D eigenvalue weighted by Gasteiger charge is -2.72. The minimum atomic E-state index is -0.319. The Morgan fingerprint density at radius 2 is 1.67 bits per heavy atom. The van der Waals surface area contributed by atoms with E-state index >= 15 is 0 Å².